The Morgan fingerprint density at radius 3 is 2.95 bits per heavy atom. The zero-order valence-electron chi connectivity index (χ0n) is 10.8. The van der Waals surface area contributed by atoms with E-state index in [1.165, 1.54) is 17.4 Å². The maximum atomic E-state index is 11.6. The second-order valence-electron chi connectivity index (χ2n) is 3.64. The molecule has 1 aliphatic rings. The molecule has 3 N–H and O–H groups in total. The van der Waals surface area contributed by atoms with Crippen LogP contribution in [-0.2, 0) is 13.9 Å². The molecule has 9 nitrogen and oxygen atoms in total. The minimum Gasteiger partial charge on any atom is -0.309 e. The SMILES string of the molecule is C=C/C=C1/C(NC(=O)CCOP(=O)(O)O)=NC=NN1C. The quantitative estimate of drug-likeness (QED) is 0.612. The van der Waals surface area contributed by atoms with Crippen LogP contribution in [0, 0.1) is 0 Å². The van der Waals surface area contributed by atoms with Gasteiger partial charge in [-0.15, -0.1) is 0 Å². The first kappa shape index (κ1) is 16.3. The first-order valence-corrected chi connectivity index (χ1v) is 7.03. The molecule has 20 heavy (non-hydrogen) atoms. The molecule has 0 spiro atoms. The number of aliphatic imine (C=N–C) groups is 1. The van der Waals surface area contributed by atoms with E-state index in [4.69, 9.17) is 9.79 Å². The van der Waals surface area contributed by atoms with Crippen LogP contribution in [-0.4, -0.2) is 46.5 Å². The molecule has 0 aromatic carbocycles. The van der Waals surface area contributed by atoms with E-state index in [1.54, 1.807) is 13.1 Å². The van der Waals surface area contributed by atoms with E-state index >= 15 is 0 Å². The highest BCUT2D eigenvalue weighted by Crippen LogP contribution is 2.35. The summed E-state index contributed by atoms with van der Waals surface area (Å²) in [6.07, 6.45) is 4.18. The molecule has 110 valence electrons. The number of amides is 1. The maximum absolute atomic E-state index is 11.6. The van der Waals surface area contributed by atoms with Gasteiger partial charge in [-0.2, -0.15) is 5.10 Å². The summed E-state index contributed by atoms with van der Waals surface area (Å²) < 4.78 is 14.6. The number of likely N-dealkylation sites (N-methyl/N-ethyl adjacent to an activating group) is 1. The van der Waals surface area contributed by atoms with E-state index in [0.717, 1.165) is 0 Å². The van der Waals surface area contributed by atoms with Crippen molar-refractivity contribution in [3.63, 3.8) is 0 Å². The molecule has 0 fully saturated rings. The fourth-order valence-electron chi connectivity index (χ4n) is 1.29. The van der Waals surface area contributed by atoms with Crippen molar-refractivity contribution in [1.29, 1.82) is 0 Å². The third kappa shape index (κ3) is 5.45. The number of amidine groups is 1. The van der Waals surface area contributed by atoms with Gasteiger partial charge in [-0.1, -0.05) is 12.7 Å². The number of phosphoric ester groups is 1. The Morgan fingerprint density at radius 1 is 1.65 bits per heavy atom. The lowest BCUT2D eigenvalue weighted by Gasteiger charge is -2.21. The molecule has 0 aliphatic carbocycles. The fraction of sp³-hybridized carbons (Fsp3) is 0.300. The lowest BCUT2D eigenvalue weighted by Crippen LogP contribution is -2.37. The van der Waals surface area contributed by atoms with Crippen molar-refractivity contribution in [2.75, 3.05) is 13.7 Å². The minimum atomic E-state index is -4.56. The molecule has 0 saturated carbocycles. The average Bonchev–Trinajstić information content (AvgIpc) is 2.32. The molecule has 10 heteroatoms. The van der Waals surface area contributed by atoms with E-state index in [0.29, 0.717) is 5.70 Å². The number of phosphoric acid groups is 1. The number of carbonyl (C=O) groups is 1. The summed E-state index contributed by atoms with van der Waals surface area (Å²) >= 11 is 0. The number of rotatable bonds is 5. The smallest absolute Gasteiger partial charge is 0.309 e. The Hall–Kier alpha value is -1.80. The number of hydrogen-bond donors (Lipinski definition) is 3. The lowest BCUT2D eigenvalue weighted by molar-refractivity contribution is -0.120. The van der Waals surface area contributed by atoms with Crippen LogP contribution in [0.15, 0.2) is 34.5 Å². The van der Waals surface area contributed by atoms with Crippen LogP contribution in [0.5, 0.6) is 0 Å². The lowest BCUT2D eigenvalue weighted by atomic mass is 10.3. The highest BCUT2D eigenvalue weighted by molar-refractivity contribution is 7.46. The highest BCUT2D eigenvalue weighted by Gasteiger charge is 2.18. The molecule has 0 unspecified atom stereocenters. The molecule has 0 bridgehead atoms. The number of allylic oxidation sites excluding steroid dienone is 2. The summed E-state index contributed by atoms with van der Waals surface area (Å²) in [5.74, 6) is -0.223. The Kier molecular flexibility index (Phi) is 5.78. The molecule has 0 aromatic heterocycles. The number of carbonyl (C=O) groups excluding carboxylic acids is 1. The predicted octanol–water partition coefficient (Wildman–Crippen LogP) is -0.0409. The number of nitrogens with zero attached hydrogens (tertiary/aromatic N) is 3. The largest absolute Gasteiger partial charge is 0.469 e. The van der Waals surface area contributed by atoms with Gasteiger partial charge >= 0.3 is 7.82 Å². The second kappa shape index (κ2) is 7.11. The fourth-order valence-corrected chi connectivity index (χ4v) is 1.62. The molecule has 0 saturated heterocycles. The summed E-state index contributed by atoms with van der Waals surface area (Å²) in [5.41, 5.74) is 0.534. The Balaban J connectivity index is 2.58. The Morgan fingerprint density at radius 2 is 2.35 bits per heavy atom. The van der Waals surface area contributed by atoms with Crippen LogP contribution in [0.4, 0.5) is 0 Å². The van der Waals surface area contributed by atoms with Gasteiger partial charge in [0.1, 0.15) is 12.0 Å². The van der Waals surface area contributed by atoms with Crippen LogP contribution in [0.2, 0.25) is 0 Å². The van der Waals surface area contributed by atoms with Gasteiger partial charge in [0.15, 0.2) is 5.84 Å². The molecule has 1 rings (SSSR count). The van der Waals surface area contributed by atoms with Gasteiger partial charge in [0.2, 0.25) is 5.91 Å². The molecule has 1 amide bonds. The van der Waals surface area contributed by atoms with Gasteiger partial charge in [-0.25, -0.2) is 9.56 Å². The number of hydrogen-bond acceptors (Lipinski definition) is 6. The zero-order chi connectivity index (χ0) is 15.2. The minimum absolute atomic E-state index is 0.216. The number of hydrazone groups is 1. The van der Waals surface area contributed by atoms with Crippen LogP contribution >= 0.6 is 7.82 Å². The molecule has 0 atom stereocenters. The van der Waals surface area contributed by atoms with E-state index in [9.17, 15) is 9.36 Å². The van der Waals surface area contributed by atoms with Gasteiger partial charge in [0, 0.05) is 7.05 Å². The molecule has 1 aliphatic heterocycles. The second-order valence-corrected chi connectivity index (χ2v) is 4.88. The Bertz CT molecular complexity index is 522. The first-order valence-electron chi connectivity index (χ1n) is 5.50. The molecular weight excluding hydrogens is 287 g/mol. The van der Waals surface area contributed by atoms with E-state index in [-0.39, 0.29) is 12.3 Å². The standard InChI is InChI=1S/C10H15N4O5P/c1-3-4-8-10(11-7-12-14(8)2)13-9(15)5-6-19-20(16,17)18/h3-4,7H,1,5-6H2,2H3,(H2,16,17,18)(H,11,12,13,15)/b8-4-. The average molecular weight is 302 g/mol. The highest BCUT2D eigenvalue weighted by atomic mass is 31.2. The third-order valence-electron chi connectivity index (χ3n) is 2.13. The van der Waals surface area contributed by atoms with Crippen LogP contribution in [0.3, 0.4) is 0 Å². The maximum Gasteiger partial charge on any atom is 0.469 e. The molecule has 0 aromatic rings. The Labute approximate surface area is 115 Å². The van der Waals surface area contributed by atoms with Crippen molar-refractivity contribution in [2.45, 2.75) is 6.42 Å². The van der Waals surface area contributed by atoms with Crippen LogP contribution < -0.4 is 5.32 Å². The van der Waals surface area contributed by atoms with Crippen molar-refractivity contribution >= 4 is 25.9 Å². The van der Waals surface area contributed by atoms with Gasteiger partial charge in [0.25, 0.3) is 0 Å². The molecular formula is C10H15N4O5P. The predicted molar refractivity (Wildman–Crippen MR) is 72.7 cm³/mol. The monoisotopic (exact) mass is 302 g/mol. The van der Waals surface area contributed by atoms with Crippen molar-refractivity contribution in [1.82, 2.24) is 10.3 Å². The summed E-state index contributed by atoms with van der Waals surface area (Å²) in [6, 6.07) is 0. The van der Waals surface area contributed by atoms with Gasteiger partial charge in [-0.05, 0) is 6.08 Å². The summed E-state index contributed by atoms with van der Waals surface area (Å²) in [5, 5.41) is 7.90. The third-order valence-corrected chi connectivity index (χ3v) is 2.64. The van der Waals surface area contributed by atoms with Gasteiger partial charge in [-0.3, -0.25) is 14.3 Å². The van der Waals surface area contributed by atoms with E-state index in [1.807, 2.05) is 0 Å². The van der Waals surface area contributed by atoms with Crippen molar-refractivity contribution < 1.29 is 23.7 Å². The summed E-state index contributed by atoms with van der Waals surface area (Å²) in [7, 11) is -2.89. The summed E-state index contributed by atoms with van der Waals surface area (Å²) in [4.78, 5) is 32.5. The first-order chi connectivity index (χ1) is 9.33. The molecule has 0 radical (unpaired) electrons. The van der Waals surface area contributed by atoms with Crippen LogP contribution in [0.25, 0.3) is 0 Å². The normalized spacial score (nSPS) is 17.1. The van der Waals surface area contributed by atoms with E-state index in [2.05, 4.69) is 26.5 Å². The van der Waals surface area contributed by atoms with Gasteiger partial charge < -0.3 is 15.1 Å². The van der Waals surface area contributed by atoms with Crippen molar-refractivity contribution in [3.05, 3.63) is 24.4 Å². The topological polar surface area (TPSA) is 124 Å². The molecule has 1 heterocycles. The van der Waals surface area contributed by atoms with Crippen LogP contribution in [0.1, 0.15) is 6.42 Å². The zero-order valence-corrected chi connectivity index (χ0v) is 11.7. The summed E-state index contributed by atoms with van der Waals surface area (Å²) in [6.45, 7) is 3.16. The van der Waals surface area contributed by atoms with Crippen molar-refractivity contribution in [3.8, 4) is 0 Å². The van der Waals surface area contributed by atoms with Crippen molar-refractivity contribution in [2.24, 2.45) is 10.1 Å². The van der Waals surface area contributed by atoms with E-state index < -0.39 is 20.3 Å². The number of nitrogens with one attached hydrogen (secondary N) is 1. The van der Waals surface area contributed by atoms with Gasteiger partial charge in [0.05, 0.1) is 13.0 Å².